The normalized spacial score (nSPS) is 10.9. The van der Waals surface area contributed by atoms with Crippen LogP contribution in [0, 0.1) is 0 Å². The molecule has 0 aromatic heterocycles. The molecule has 0 saturated heterocycles. The van der Waals surface area contributed by atoms with E-state index in [4.69, 9.17) is 22.4 Å². The number of aliphatic carboxylic acids is 1. The summed E-state index contributed by atoms with van der Waals surface area (Å²) in [7, 11) is 0. The van der Waals surface area contributed by atoms with Gasteiger partial charge in [0.1, 0.15) is 0 Å². The number of benzene rings is 1. The van der Waals surface area contributed by atoms with Crippen LogP contribution in [0.15, 0.2) is 24.3 Å². The average molecular weight is 240 g/mol. The Bertz CT molecular complexity index is 402. The van der Waals surface area contributed by atoms with E-state index < -0.39 is 5.97 Å². The van der Waals surface area contributed by atoms with Crippen molar-refractivity contribution in [2.24, 2.45) is 5.73 Å². The fraction of sp³-hybridized carbons (Fsp3) is 0.250. The first-order valence-corrected chi connectivity index (χ1v) is 5.38. The minimum absolute atomic E-state index is 0.000529. The first-order valence-electron chi connectivity index (χ1n) is 5.00. The molecule has 0 spiro atoms. The highest BCUT2D eigenvalue weighted by Crippen LogP contribution is 2.18. The summed E-state index contributed by atoms with van der Waals surface area (Å²) in [5.41, 5.74) is 6.96. The fourth-order valence-electron chi connectivity index (χ4n) is 1.35. The average Bonchev–Trinajstić information content (AvgIpc) is 2.22. The zero-order chi connectivity index (χ0) is 12.0. The first kappa shape index (κ1) is 12.7. The lowest BCUT2D eigenvalue weighted by Crippen LogP contribution is -2.02. The molecule has 1 aromatic carbocycles. The van der Waals surface area contributed by atoms with Gasteiger partial charge < -0.3 is 10.8 Å². The molecule has 1 aromatic rings. The molecule has 0 bridgehead atoms. The molecule has 0 amide bonds. The molecule has 1 rings (SSSR count). The number of hydrogen-bond donors (Lipinski definition) is 2. The second-order valence-corrected chi connectivity index (χ2v) is 3.83. The smallest absolute Gasteiger partial charge is 0.307 e. The molecule has 3 nitrogen and oxygen atoms in total. The lowest BCUT2D eigenvalue weighted by Gasteiger charge is -2.04. The standard InChI is InChI=1S/C12H14ClNO2/c13-11-5-4-10(8-12(15)16)9(7-11)3-1-2-6-14/h1,3-5,7H,2,6,8,14H2,(H,15,16). The molecule has 0 heterocycles. The number of carboxylic acid groups (broad SMARTS) is 1. The zero-order valence-electron chi connectivity index (χ0n) is 8.82. The van der Waals surface area contributed by atoms with Crippen molar-refractivity contribution in [3.05, 3.63) is 40.4 Å². The van der Waals surface area contributed by atoms with Crippen molar-refractivity contribution in [3.8, 4) is 0 Å². The summed E-state index contributed by atoms with van der Waals surface area (Å²) in [4.78, 5) is 10.7. The maximum atomic E-state index is 10.7. The monoisotopic (exact) mass is 239 g/mol. The summed E-state index contributed by atoms with van der Waals surface area (Å²) in [6, 6.07) is 5.19. The first-order chi connectivity index (χ1) is 7.63. The van der Waals surface area contributed by atoms with Crippen LogP contribution in [0.3, 0.4) is 0 Å². The van der Waals surface area contributed by atoms with Gasteiger partial charge in [0.2, 0.25) is 0 Å². The largest absolute Gasteiger partial charge is 0.481 e. The molecule has 0 aliphatic rings. The predicted octanol–water partition coefficient (Wildman–Crippen LogP) is 2.33. The van der Waals surface area contributed by atoms with Crippen molar-refractivity contribution >= 4 is 23.6 Å². The van der Waals surface area contributed by atoms with Crippen molar-refractivity contribution in [2.45, 2.75) is 12.8 Å². The van der Waals surface area contributed by atoms with Crippen LogP contribution in [0.2, 0.25) is 5.02 Å². The van der Waals surface area contributed by atoms with Crippen LogP contribution >= 0.6 is 11.6 Å². The van der Waals surface area contributed by atoms with Crippen LogP contribution in [0.5, 0.6) is 0 Å². The highest BCUT2D eigenvalue weighted by Gasteiger charge is 2.05. The van der Waals surface area contributed by atoms with Gasteiger partial charge in [-0.15, -0.1) is 0 Å². The van der Waals surface area contributed by atoms with Gasteiger partial charge in [0.25, 0.3) is 0 Å². The molecule has 86 valence electrons. The Morgan fingerprint density at radius 1 is 1.50 bits per heavy atom. The molecular weight excluding hydrogens is 226 g/mol. The van der Waals surface area contributed by atoms with E-state index in [-0.39, 0.29) is 6.42 Å². The summed E-state index contributed by atoms with van der Waals surface area (Å²) >= 11 is 5.86. The van der Waals surface area contributed by atoms with Gasteiger partial charge in [-0.3, -0.25) is 4.79 Å². The van der Waals surface area contributed by atoms with E-state index in [0.29, 0.717) is 11.6 Å². The molecule has 0 saturated carbocycles. The van der Waals surface area contributed by atoms with Gasteiger partial charge >= 0.3 is 5.97 Å². The van der Waals surface area contributed by atoms with Gasteiger partial charge in [0.15, 0.2) is 0 Å². The molecule has 0 unspecified atom stereocenters. The van der Waals surface area contributed by atoms with Crippen LogP contribution in [-0.2, 0) is 11.2 Å². The van der Waals surface area contributed by atoms with E-state index in [0.717, 1.165) is 17.5 Å². The van der Waals surface area contributed by atoms with E-state index in [2.05, 4.69) is 0 Å². The minimum Gasteiger partial charge on any atom is -0.481 e. The molecule has 0 aliphatic heterocycles. The number of hydrogen-bond acceptors (Lipinski definition) is 2. The van der Waals surface area contributed by atoms with E-state index in [1.807, 2.05) is 12.2 Å². The maximum Gasteiger partial charge on any atom is 0.307 e. The summed E-state index contributed by atoms with van der Waals surface area (Å²) in [5.74, 6) is -0.851. The van der Waals surface area contributed by atoms with Gasteiger partial charge in [-0.25, -0.2) is 0 Å². The third-order valence-electron chi connectivity index (χ3n) is 2.08. The highest BCUT2D eigenvalue weighted by molar-refractivity contribution is 6.30. The van der Waals surface area contributed by atoms with Crippen LogP contribution in [0.4, 0.5) is 0 Å². The van der Waals surface area contributed by atoms with E-state index in [9.17, 15) is 4.79 Å². The molecule has 3 N–H and O–H groups in total. The van der Waals surface area contributed by atoms with Gasteiger partial charge in [0, 0.05) is 5.02 Å². The Hall–Kier alpha value is -1.32. The van der Waals surface area contributed by atoms with Crippen LogP contribution in [0.1, 0.15) is 17.5 Å². The van der Waals surface area contributed by atoms with E-state index >= 15 is 0 Å². The summed E-state index contributed by atoms with van der Waals surface area (Å²) < 4.78 is 0. The Morgan fingerprint density at radius 3 is 2.88 bits per heavy atom. The number of rotatable bonds is 5. The molecule has 0 aliphatic carbocycles. The maximum absolute atomic E-state index is 10.7. The summed E-state index contributed by atoms with van der Waals surface area (Å²) in [5, 5.41) is 9.35. The van der Waals surface area contributed by atoms with Gasteiger partial charge in [0.05, 0.1) is 6.42 Å². The Balaban J connectivity index is 2.93. The number of carbonyl (C=O) groups is 1. The lowest BCUT2D eigenvalue weighted by atomic mass is 10.0. The molecule has 4 heteroatoms. The molecule has 0 fully saturated rings. The van der Waals surface area contributed by atoms with E-state index in [1.54, 1.807) is 18.2 Å². The minimum atomic E-state index is -0.851. The van der Waals surface area contributed by atoms with Gasteiger partial charge in [-0.2, -0.15) is 0 Å². The lowest BCUT2D eigenvalue weighted by molar-refractivity contribution is -0.136. The van der Waals surface area contributed by atoms with Crippen LogP contribution < -0.4 is 5.73 Å². The van der Waals surface area contributed by atoms with Gasteiger partial charge in [-0.05, 0) is 36.2 Å². The van der Waals surface area contributed by atoms with Crippen LogP contribution in [-0.4, -0.2) is 17.6 Å². The van der Waals surface area contributed by atoms with Crippen LogP contribution in [0.25, 0.3) is 6.08 Å². The second-order valence-electron chi connectivity index (χ2n) is 3.39. The van der Waals surface area contributed by atoms with Crippen molar-refractivity contribution in [2.75, 3.05) is 6.54 Å². The fourth-order valence-corrected chi connectivity index (χ4v) is 1.53. The van der Waals surface area contributed by atoms with Crippen molar-refractivity contribution in [1.29, 1.82) is 0 Å². The molecule has 0 atom stereocenters. The quantitative estimate of drug-likeness (QED) is 0.829. The molecule has 0 radical (unpaired) electrons. The third kappa shape index (κ3) is 4.04. The van der Waals surface area contributed by atoms with Crippen molar-refractivity contribution in [3.63, 3.8) is 0 Å². The number of nitrogens with two attached hydrogens (primary N) is 1. The van der Waals surface area contributed by atoms with E-state index in [1.165, 1.54) is 0 Å². The zero-order valence-corrected chi connectivity index (χ0v) is 9.57. The Labute approximate surface area is 99.5 Å². The third-order valence-corrected chi connectivity index (χ3v) is 2.32. The number of carboxylic acids is 1. The highest BCUT2D eigenvalue weighted by atomic mass is 35.5. The summed E-state index contributed by atoms with van der Waals surface area (Å²) in [6.07, 6.45) is 4.53. The van der Waals surface area contributed by atoms with Crippen molar-refractivity contribution in [1.82, 2.24) is 0 Å². The van der Waals surface area contributed by atoms with Crippen molar-refractivity contribution < 1.29 is 9.90 Å². The topological polar surface area (TPSA) is 63.3 Å². The SMILES string of the molecule is NCCC=Cc1cc(Cl)ccc1CC(=O)O. The number of halogens is 1. The Morgan fingerprint density at radius 2 is 2.25 bits per heavy atom. The molecule has 16 heavy (non-hydrogen) atoms. The predicted molar refractivity (Wildman–Crippen MR) is 65.5 cm³/mol. The summed E-state index contributed by atoms with van der Waals surface area (Å²) in [6.45, 7) is 0.575. The molecular formula is C12H14ClNO2. The van der Waals surface area contributed by atoms with Gasteiger partial charge in [-0.1, -0.05) is 29.8 Å². The Kier molecular flexibility index (Phi) is 5.02. The second kappa shape index (κ2) is 6.30.